The molecule has 1 rings (SSSR count). The summed E-state index contributed by atoms with van der Waals surface area (Å²) in [4.78, 5) is 25.5. The van der Waals surface area contributed by atoms with Crippen molar-refractivity contribution in [2.24, 2.45) is 11.7 Å². The summed E-state index contributed by atoms with van der Waals surface area (Å²) in [6, 6.07) is 6.97. The van der Waals surface area contributed by atoms with E-state index in [0.29, 0.717) is 24.2 Å². The lowest BCUT2D eigenvalue weighted by atomic mass is 10.1. The second-order valence-electron chi connectivity index (χ2n) is 4.58. The van der Waals surface area contributed by atoms with Crippen molar-refractivity contribution in [2.45, 2.75) is 13.3 Å². The number of para-hydroxylation sites is 1. The monoisotopic (exact) mass is 263 g/mol. The Morgan fingerprint density at radius 1 is 1.32 bits per heavy atom. The Morgan fingerprint density at radius 3 is 2.47 bits per heavy atom. The van der Waals surface area contributed by atoms with Crippen LogP contribution in [0.3, 0.4) is 0 Å². The van der Waals surface area contributed by atoms with Crippen LogP contribution in [-0.4, -0.2) is 37.4 Å². The second-order valence-corrected chi connectivity index (χ2v) is 4.58. The van der Waals surface area contributed by atoms with Gasteiger partial charge < -0.3 is 16.0 Å². The number of nitrogens with one attached hydrogen (secondary N) is 1. The molecule has 0 fully saturated rings. The molecule has 0 aromatic heterocycles. The summed E-state index contributed by atoms with van der Waals surface area (Å²) >= 11 is 0. The molecular weight excluding hydrogens is 242 g/mol. The van der Waals surface area contributed by atoms with Crippen LogP contribution in [0.4, 0.5) is 5.69 Å². The van der Waals surface area contributed by atoms with Gasteiger partial charge in [-0.15, -0.1) is 0 Å². The highest BCUT2D eigenvalue weighted by molar-refractivity contribution is 6.04. The summed E-state index contributed by atoms with van der Waals surface area (Å²) in [6.07, 6.45) is 0.673. The number of nitrogens with zero attached hydrogens (tertiary/aromatic N) is 1. The highest BCUT2D eigenvalue weighted by Crippen LogP contribution is 2.17. The van der Waals surface area contributed by atoms with Crippen LogP contribution in [0, 0.1) is 5.92 Å². The number of amides is 2. The fourth-order valence-corrected chi connectivity index (χ4v) is 1.71. The summed E-state index contributed by atoms with van der Waals surface area (Å²) in [5, 5.41) is 2.78. The van der Waals surface area contributed by atoms with Crippen molar-refractivity contribution in [3.8, 4) is 0 Å². The van der Waals surface area contributed by atoms with E-state index in [1.807, 2.05) is 6.92 Å². The van der Waals surface area contributed by atoms with Gasteiger partial charge in [-0.2, -0.15) is 0 Å². The number of hydrogen-bond donors (Lipinski definition) is 2. The molecule has 2 amide bonds. The first-order valence-corrected chi connectivity index (χ1v) is 6.32. The van der Waals surface area contributed by atoms with Crippen LogP contribution < -0.4 is 11.1 Å². The van der Waals surface area contributed by atoms with E-state index in [1.54, 1.807) is 38.4 Å². The highest BCUT2D eigenvalue weighted by Gasteiger charge is 2.18. The molecule has 0 aliphatic heterocycles. The fourth-order valence-electron chi connectivity index (χ4n) is 1.71. The lowest BCUT2D eigenvalue weighted by molar-refractivity contribution is -0.119. The SMILES string of the molecule is CCC(CN)C(=O)Nc1ccccc1C(=O)N(C)C. The number of anilines is 1. The zero-order valence-corrected chi connectivity index (χ0v) is 11.6. The van der Waals surface area contributed by atoms with Crippen LogP contribution in [0.25, 0.3) is 0 Å². The Kier molecular flexibility index (Phi) is 5.51. The summed E-state index contributed by atoms with van der Waals surface area (Å²) in [5.41, 5.74) is 6.55. The molecule has 0 saturated carbocycles. The smallest absolute Gasteiger partial charge is 0.255 e. The molecule has 3 N–H and O–H groups in total. The van der Waals surface area contributed by atoms with Crippen molar-refractivity contribution in [1.82, 2.24) is 4.90 Å². The molecule has 0 radical (unpaired) electrons. The Morgan fingerprint density at radius 2 is 1.95 bits per heavy atom. The summed E-state index contributed by atoms with van der Waals surface area (Å²) in [5.74, 6) is -0.525. The van der Waals surface area contributed by atoms with Gasteiger partial charge >= 0.3 is 0 Å². The van der Waals surface area contributed by atoms with E-state index in [-0.39, 0.29) is 17.7 Å². The largest absolute Gasteiger partial charge is 0.345 e. The molecule has 1 atom stereocenters. The average molecular weight is 263 g/mol. The molecule has 19 heavy (non-hydrogen) atoms. The second kappa shape index (κ2) is 6.89. The molecule has 1 aromatic rings. The van der Waals surface area contributed by atoms with Crippen molar-refractivity contribution in [3.05, 3.63) is 29.8 Å². The van der Waals surface area contributed by atoms with E-state index >= 15 is 0 Å². The van der Waals surface area contributed by atoms with Gasteiger partial charge in [-0.3, -0.25) is 9.59 Å². The quantitative estimate of drug-likeness (QED) is 0.841. The Labute approximate surface area is 113 Å². The molecule has 5 nitrogen and oxygen atoms in total. The van der Waals surface area contributed by atoms with E-state index in [0.717, 1.165) is 0 Å². The molecule has 104 valence electrons. The zero-order valence-electron chi connectivity index (χ0n) is 11.6. The normalized spacial score (nSPS) is 11.8. The summed E-state index contributed by atoms with van der Waals surface area (Å²) in [7, 11) is 3.35. The number of benzene rings is 1. The highest BCUT2D eigenvalue weighted by atomic mass is 16.2. The van der Waals surface area contributed by atoms with E-state index in [9.17, 15) is 9.59 Å². The van der Waals surface area contributed by atoms with Gasteiger partial charge in [0, 0.05) is 20.6 Å². The lowest BCUT2D eigenvalue weighted by Gasteiger charge is -2.17. The molecule has 0 aliphatic rings. The minimum absolute atomic E-state index is 0.142. The molecular formula is C14H21N3O2. The minimum atomic E-state index is -0.234. The Bertz CT molecular complexity index is 454. The van der Waals surface area contributed by atoms with E-state index in [1.165, 1.54) is 4.90 Å². The molecule has 0 aliphatic carbocycles. The van der Waals surface area contributed by atoms with Crippen LogP contribution in [0.15, 0.2) is 24.3 Å². The van der Waals surface area contributed by atoms with Gasteiger partial charge in [0.1, 0.15) is 0 Å². The third-order valence-electron chi connectivity index (χ3n) is 2.97. The molecule has 1 unspecified atom stereocenters. The maximum Gasteiger partial charge on any atom is 0.255 e. The molecule has 0 heterocycles. The third kappa shape index (κ3) is 3.79. The van der Waals surface area contributed by atoms with Crippen molar-refractivity contribution in [3.63, 3.8) is 0 Å². The zero-order chi connectivity index (χ0) is 14.4. The van der Waals surface area contributed by atoms with E-state index < -0.39 is 0 Å². The molecule has 1 aromatic carbocycles. The van der Waals surface area contributed by atoms with Gasteiger partial charge in [0.15, 0.2) is 0 Å². The van der Waals surface area contributed by atoms with Crippen LogP contribution in [0.1, 0.15) is 23.7 Å². The van der Waals surface area contributed by atoms with Crippen LogP contribution >= 0.6 is 0 Å². The standard InChI is InChI=1S/C14H21N3O2/c1-4-10(9-15)13(18)16-12-8-6-5-7-11(12)14(19)17(2)3/h5-8,10H,4,9,15H2,1-3H3,(H,16,18). The summed E-state index contributed by atoms with van der Waals surface area (Å²) < 4.78 is 0. The van der Waals surface area contributed by atoms with Gasteiger partial charge in [-0.1, -0.05) is 19.1 Å². The van der Waals surface area contributed by atoms with Crippen LogP contribution in [0.2, 0.25) is 0 Å². The van der Waals surface area contributed by atoms with Gasteiger partial charge in [-0.25, -0.2) is 0 Å². The van der Waals surface area contributed by atoms with Gasteiger partial charge in [0.05, 0.1) is 17.2 Å². The maximum absolute atomic E-state index is 12.0. The van der Waals surface area contributed by atoms with Crippen molar-refractivity contribution >= 4 is 17.5 Å². The molecule has 5 heteroatoms. The molecule has 0 bridgehead atoms. The van der Waals surface area contributed by atoms with Crippen LogP contribution in [0.5, 0.6) is 0 Å². The lowest BCUT2D eigenvalue weighted by Crippen LogP contribution is -2.30. The topological polar surface area (TPSA) is 75.4 Å². The average Bonchev–Trinajstić information content (AvgIpc) is 2.39. The minimum Gasteiger partial charge on any atom is -0.345 e. The first-order valence-electron chi connectivity index (χ1n) is 6.32. The van der Waals surface area contributed by atoms with E-state index in [4.69, 9.17) is 5.73 Å². The van der Waals surface area contributed by atoms with Crippen molar-refractivity contribution in [1.29, 1.82) is 0 Å². The van der Waals surface area contributed by atoms with Crippen molar-refractivity contribution in [2.75, 3.05) is 26.0 Å². The Hall–Kier alpha value is -1.88. The number of carbonyl (C=O) groups is 2. The van der Waals surface area contributed by atoms with Gasteiger partial charge in [0.2, 0.25) is 5.91 Å². The van der Waals surface area contributed by atoms with Gasteiger partial charge in [0.25, 0.3) is 5.91 Å². The number of carbonyl (C=O) groups excluding carboxylic acids is 2. The fraction of sp³-hybridized carbons (Fsp3) is 0.429. The predicted molar refractivity (Wildman–Crippen MR) is 75.9 cm³/mol. The molecule has 0 spiro atoms. The Balaban J connectivity index is 2.96. The summed E-state index contributed by atoms with van der Waals surface area (Å²) in [6.45, 7) is 2.21. The number of rotatable bonds is 5. The number of hydrogen-bond acceptors (Lipinski definition) is 3. The number of nitrogens with two attached hydrogens (primary N) is 1. The van der Waals surface area contributed by atoms with Gasteiger partial charge in [-0.05, 0) is 18.6 Å². The molecule has 0 saturated heterocycles. The van der Waals surface area contributed by atoms with Crippen LogP contribution in [-0.2, 0) is 4.79 Å². The van der Waals surface area contributed by atoms with Crippen molar-refractivity contribution < 1.29 is 9.59 Å². The first kappa shape index (κ1) is 15.2. The maximum atomic E-state index is 12.0. The third-order valence-corrected chi connectivity index (χ3v) is 2.97. The predicted octanol–water partition coefficient (Wildman–Crippen LogP) is 1.31. The first-order chi connectivity index (χ1) is 9.01. The van der Waals surface area contributed by atoms with E-state index in [2.05, 4.69) is 5.32 Å².